The van der Waals surface area contributed by atoms with E-state index in [1.807, 2.05) is 18.2 Å². The minimum absolute atomic E-state index is 0.232. The van der Waals surface area contributed by atoms with Crippen molar-refractivity contribution in [3.8, 4) is 0 Å². The van der Waals surface area contributed by atoms with Gasteiger partial charge in [0, 0.05) is 12.4 Å². The predicted molar refractivity (Wildman–Crippen MR) is 89.2 cm³/mol. The summed E-state index contributed by atoms with van der Waals surface area (Å²) in [5.74, 6) is 0. The summed E-state index contributed by atoms with van der Waals surface area (Å²) in [4.78, 5) is 4.07. The van der Waals surface area contributed by atoms with Crippen LogP contribution in [0.2, 0.25) is 0 Å². The maximum absolute atomic E-state index is 13.3. The summed E-state index contributed by atoms with van der Waals surface area (Å²) in [5, 5.41) is 10.9. The van der Waals surface area contributed by atoms with Crippen molar-refractivity contribution in [1.82, 2.24) is 4.98 Å². The first-order valence-electron chi connectivity index (χ1n) is 7.64. The van der Waals surface area contributed by atoms with E-state index in [2.05, 4.69) is 4.98 Å². The van der Waals surface area contributed by atoms with Crippen LogP contribution in [0.4, 0.5) is 0 Å². The molecule has 6 heteroatoms. The van der Waals surface area contributed by atoms with Crippen LogP contribution in [0.15, 0.2) is 54.9 Å². The van der Waals surface area contributed by atoms with Crippen molar-refractivity contribution in [2.24, 2.45) is 0 Å². The molecule has 0 aliphatic heterocycles. The number of aliphatic hydroxyl groups is 1. The SMILES string of the molecule is CCOP(=O)(OCC)C(c1cccnc1)C(O)c1ccccc1. The maximum atomic E-state index is 13.3. The van der Waals surface area contributed by atoms with Crippen LogP contribution in [-0.2, 0) is 13.6 Å². The van der Waals surface area contributed by atoms with Crippen LogP contribution in [0.5, 0.6) is 0 Å². The normalized spacial score (nSPS) is 14.4. The van der Waals surface area contributed by atoms with E-state index >= 15 is 0 Å². The van der Waals surface area contributed by atoms with E-state index in [0.717, 1.165) is 0 Å². The zero-order chi connectivity index (χ0) is 16.7. The summed E-state index contributed by atoms with van der Waals surface area (Å²) in [6, 6.07) is 12.6. The molecule has 23 heavy (non-hydrogen) atoms. The van der Waals surface area contributed by atoms with Gasteiger partial charge >= 0.3 is 7.60 Å². The highest BCUT2D eigenvalue weighted by molar-refractivity contribution is 7.54. The molecule has 1 heterocycles. The third-order valence-electron chi connectivity index (χ3n) is 3.42. The first-order chi connectivity index (χ1) is 11.1. The van der Waals surface area contributed by atoms with Gasteiger partial charge in [0.15, 0.2) is 0 Å². The van der Waals surface area contributed by atoms with E-state index in [0.29, 0.717) is 11.1 Å². The zero-order valence-electron chi connectivity index (χ0n) is 13.3. The fourth-order valence-electron chi connectivity index (χ4n) is 2.48. The van der Waals surface area contributed by atoms with Gasteiger partial charge in [0.2, 0.25) is 0 Å². The molecule has 0 aliphatic carbocycles. The molecule has 0 radical (unpaired) electrons. The van der Waals surface area contributed by atoms with Crippen molar-refractivity contribution >= 4 is 7.60 Å². The largest absolute Gasteiger partial charge is 0.387 e. The summed E-state index contributed by atoms with van der Waals surface area (Å²) in [5.41, 5.74) is 0.438. The monoisotopic (exact) mass is 335 g/mol. The highest BCUT2D eigenvalue weighted by atomic mass is 31.2. The number of aromatic nitrogens is 1. The van der Waals surface area contributed by atoms with Gasteiger partial charge in [-0.2, -0.15) is 0 Å². The van der Waals surface area contributed by atoms with E-state index in [9.17, 15) is 9.67 Å². The number of hydrogen-bond donors (Lipinski definition) is 1. The highest BCUT2D eigenvalue weighted by Crippen LogP contribution is 2.65. The van der Waals surface area contributed by atoms with Gasteiger partial charge in [-0.1, -0.05) is 36.4 Å². The quantitative estimate of drug-likeness (QED) is 0.735. The third kappa shape index (κ3) is 4.27. The second kappa shape index (κ2) is 8.37. The van der Waals surface area contributed by atoms with Gasteiger partial charge in [0.25, 0.3) is 0 Å². The lowest BCUT2D eigenvalue weighted by molar-refractivity contribution is 0.139. The Hall–Kier alpha value is -1.52. The van der Waals surface area contributed by atoms with Gasteiger partial charge in [-0.25, -0.2) is 0 Å². The molecule has 0 bridgehead atoms. The van der Waals surface area contributed by atoms with Gasteiger partial charge in [-0.05, 0) is 31.0 Å². The molecule has 2 atom stereocenters. The Kier molecular flexibility index (Phi) is 6.48. The lowest BCUT2D eigenvalue weighted by Gasteiger charge is -2.30. The molecule has 0 spiro atoms. The first kappa shape index (κ1) is 17.8. The molecule has 2 aromatic rings. The minimum Gasteiger partial charge on any atom is -0.387 e. The topological polar surface area (TPSA) is 68.7 Å². The number of pyridine rings is 1. The molecule has 5 nitrogen and oxygen atoms in total. The summed E-state index contributed by atoms with van der Waals surface area (Å²) < 4.78 is 24.2. The molecular weight excluding hydrogens is 313 g/mol. The van der Waals surface area contributed by atoms with Crippen molar-refractivity contribution in [2.75, 3.05) is 13.2 Å². The molecule has 0 amide bonds. The van der Waals surface area contributed by atoms with Gasteiger partial charge in [-0.15, -0.1) is 0 Å². The van der Waals surface area contributed by atoms with Crippen LogP contribution < -0.4 is 0 Å². The lowest BCUT2D eigenvalue weighted by Crippen LogP contribution is -2.15. The Morgan fingerprint density at radius 3 is 2.17 bits per heavy atom. The van der Waals surface area contributed by atoms with Gasteiger partial charge < -0.3 is 14.2 Å². The summed E-state index contributed by atoms with van der Waals surface area (Å²) in [6.45, 7) is 3.97. The number of rotatable bonds is 8. The maximum Gasteiger partial charge on any atom is 0.341 e. The van der Waals surface area contributed by atoms with E-state index in [-0.39, 0.29) is 13.2 Å². The van der Waals surface area contributed by atoms with Crippen LogP contribution in [-0.4, -0.2) is 23.3 Å². The van der Waals surface area contributed by atoms with Gasteiger partial charge in [0.05, 0.1) is 19.3 Å². The Labute approximate surface area is 136 Å². The molecular formula is C17H22NO4P. The Morgan fingerprint density at radius 2 is 1.65 bits per heavy atom. The fraction of sp³-hybridized carbons (Fsp3) is 0.353. The average molecular weight is 335 g/mol. The number of nitrogens with zero attached hydrogens (tertiary/aromatic N) is 1. The van der Waals surface area contributed by atoms with Gasteiger partial charge in [0.1, 0.15) is 5.66 Å². The number of benzene rings is 1. The highest BCUT2D eigenvalue weighted by Gasteiger charge is 2.42. The molecule has 0 fully saturated rings. The van der Waals surface area contributed by atoms with Crippen LogP contribution >= 0.6 is 7.60 Å². The van der Waals surface area contributed by atoms with Gasteiger partial charge in [-0.3, -0.25) is 9.55 Å². The molecule has 0 saturated carbocycles. The van der Waals surface area contributed by atoms with Crippen LogP contribution in [0.3, 0.4) is 0 Å². The standard InChI is InChI=1S/C17H22NO4P/c1-3-21-23(20,22-4-2)17(15-11-8-12-18-13-15)16(19)14-9-6-5-7-10-14/h5-13,16-17,19H,3-4H2,1-2H3. The fourth-order valence-corrected chi connectivity index (χ4v) is 4.63. The molecule has 0 saturated heterocycles. The molecule has 2 unspecified atom stereocenters. The summed E-state index contributed by atoms with van der Waals surface area (Å²) >= 11 is 0. The number of hydrogen-bond acceptors (Lipinski definition) is 5. The average Bonchev–Trinajstić information content (AvgIpc) is 2.57. The Morgan fingerprint density at radius 1 is 1.04 bits per heavy atom. The Balaban J connectivity index is 2.49. The second-order valence-corrected chi connectivity index (χ2v) is 7.11. The third-order valence-corrected chi connectivity index (χ3v) is 5.92. The van der Waals surface area contributed by atoms with E-state index in [4.69, 9.17) is 9.05 Å². The minimum atomic E-state index is -3.56. The molecule has 1 aromatic heterocycles. The smallest absolute Gasteiger partial charge is 0.341 e. The van der Waals surface area contributed by atoms with Crippen molar-refractivity contribution in [2.45, 2.75) is 25.6 Å². The van der Waals surface area contributed by atoms with E-state index in [1.54, 1.807) is 50.5 Å². The summed E-state index contributed by atoms with van der Waals surface area (Å²) in [6.07, 6.45) is 2.19. The molecule has 1 N–H and O–H groups in total. The lowest BCUT2D eigenvalue weighted by atomic mass is 10.0. The first-order valence-corrected chi connectivity index (χ1v) is 9.25. The van der Waals surface area contributed by atoms with Crippen molar-refractivity contribution in [3.63, 3.8) is 0 Å². The van der Waals surface area contributed by atoms with Crippen molar-refractivity contribution < 1.29 is 18.7 Å². The van der Waals surface area contributed by atoms with E-state index < -0.39 is 19.4 Å². The van der Waals surface area contributed by atoms with Crippen LogP contribution in [0, 0.1) is 0 Å². The summed E-state index contributed by atoms with van der Waals surface area (Å²) in [7, 11) is -3.56. The molecule has 0 aliphatic rings. The predicted octanol–water partition coefficient (Wildman–Crippen LogP) is 4.12. The Bertz CT molecular complexity index is 626. The van der Waals surface area contributed by atoms with Crippen LogP contribution in [0.25, 0.3) is 0 Å². The van der Waals surface area contributed by atoms with E-state index in [1.165, 1.54) is 0 Å². The van der Waals surface area contributed by atoms with Crippen molar-refractivity contribution in [3.05, 3.63) is 66.0 Å². The molecule has 1 aromatic carbocycles. The molecule has 124 valence electrons. The second-order valence-electron chi connectivity index (χ2n) is 4.96. The number of aliphatic hydroxyl groups excluding tert-OH is 1. The zero-order valence-corrected chi connectivity index (χ0v) is 14.2. The van der Waals surface area contributed by atoms with Crippen LogP contribution in [0.1, 0.15) is 36.7 Å². The molecule has 2 rings (SSSR count). The van der Waals surface area contributed by atoms with Crippen molar-refractivity contribution in [1.29, 1.82) is 0 Å².